The van der Waals surface area contributed by atoms with E-state index >= 15 is 0 Å². The largest absolute Gasteiger partial charge is 0.527 e. The van der Waals surface area contributed by atoms with Gasteiger partial charge in [-0.05, 0) is 17.7 Å². The van der Waals surface area contributed by atoms with E-state index in [4.69, 9.17) is 5.39 Å². The van der Waals surface area contributed by atoms with Crippen LogP contribution in [0.1, 0.15) is 5.56 Å². The summed E-state index contributed by atoms with van der Waals surface area (Å²) in [7, 11) is 1.18. The van der Waals surface area contributed by atoms with Crippen molar-refractivity contribution < 1.29 is 14.6 Å². The molecule has 2 rings (SSSR count). The third-order valence-corrected chi connectivity index (χ3v) is 3.20. The Bertz CT molecular complexity index is 737. The van der Waals surface area contributed by atoms with Gasteiger partial charge in [-0.25, -0.2) is 0 Å². The number of diazo groups is 1. The number of carbonyl (C=O) groups is 1. The summed E-state index contributed by atoms with van der Waals surface area (Å²) in [4.78, 5) is 16.9. The summed E-state index contributed by atoms with van der Waals surface area (Å²) in [5.41, 5.74) is 0.928. The Labute approximate surface area is 133 Å². The van der Waals surface area contributed by atoms with E-state index in [1.54, 1.807) is 24.3 Å². The van der Waals surface area contributed by atoms with Crippen LogP contribution in [0.25, 0.3) is 4.98 Å². The first-order chi connectivity index (χ1) is 11.2. The van der Waals surface area contributed by atoms with Gasteiger partial charge in [-0.3, -0.25) is 9.69 Å². The number of para-hydroxylation sites is 1. The van der Waals surface area contributed by atoms with Crippen molar-refractivity contribution in [2.75, 3.05) is 12.0 Å². The second-order valence-electron chi connectivity index (χ2n) is 4.67. The van der Waals surface area contributed by atoms with Gasteiger partial charge in [-0.1, -0.05) is 48.5 Å². The van der Waals surface area contributed by atoms with Crippen LogP contribution in [-0.2, 0) is 16.1 Å². The SMILES string of the molecule is CO/C(O)=C(/[N+]#N)C(=O)N(Cc1ccccc1)c1ccccc1. The predicted octanol–water partition coefficient (Wildman–Crippen LogP) is 3.45. The second kappa shape index (κ2) is 7.61. The van der Waals surface area contributed by atoms with Crippen LogP contribution in [0.4, 0.5) is 5.69 Å². The molecule has 0 saturated heterocycles. The Hall–Kier alpha value is -3.33. The van der Waals surface area contributed by atoms with Crippen molar-refractivity contribution in [3.63, 3.8) is 0 Å². The van der Waals surface area contributed by atoms with E-state index in [0.717, 1.165) is 5.56 Å². The second-order valence-corrected chi connectivity index (χ2v) is 4.67. The average molecular weight is 310 g/mol. The molecule has 116 valence electrons. The minimum atomic E-state index is -0.744. The summed E-state index contributed by atoms with van der Waals surface area (Å²) in [5.74, 6) is -1.42. The van der Waals surface area contributed by atoms with Crippen molar-refractivity contribution >= 4 is 11.6 Å². The molecule has 2 aromatic carbocycles. The maximum Gasteiger partial charge on any atom is 0.527 e. The fourth-order valence-corrected chi connectivity index (χ4v) is 2.06. The Kier molecular flexibility index (Phi) is 5.31. The number of amides is 1. The summed E-state index contributed by atoms with van der Waals surface area (Å²) >= 11 is 0. The number of hydrogen-bond donors (Lipinski definition) is 1. The van der Waals surface area contributed by atoms with E-state index in [1.165, 1.54) is 12.0 Å². The van der Waals surface area contributed by atoms with Crippen LogP contribution in [0.3, 0.4) is 0 Å². The Morgan fingerprint density at radius 2 is 1.70 bits per heavy atom. The number of aliphatic hydroxyl groups excluding tert-OH is 1. The van der Waals surface area contributed by atoms with Crippen molar-refractivity contribution in [2.24, 2.45) is 0 Å². The average Bonchev–Trinajstić information content (AvgIpc) is 2.61. The highest BCUT2D eigenvalue weighted by atomic mass is 16.6. The minimum Gasteiger partial charge on any atom is -0.475 e. The van der Waals surface area contributed by atoms with Crippen molar-refractivity contribution in [3.8, 4) is 0 Å². The fourth-order valence-electron chi connectivity index (χ4n) is 2.06. The summed E-state index contributed by atoms with van der Waals surface area (Å²) in [5, 5.41) is 18.6. The van der Waals surface area contributed by atoms with Crippen LogP contribution in [0.5, 0.6) is 0 Å². The molecule has 0 spiro atoms. The van der Waals surface area contributed by atoms with Crippen molar-refractivity contribution in [1.82, 2.24) is 0 Å². The zero-order valence-corrected chi connectivity index (χ0v) is 12.6. The number of carbonyl (C=O) groups excluding carboxylic acids is 1. The van der Waals surface area contributed by atoms with Gasteiger partial charge < -0.3 is 9.84 Å². The number of ether oxygens (including phenoxy) is 1. The summed E-state index contributed by atoms with van der Waals surface area (Å²) in [6, 6.07) is 18.3. The molecular formula is C17H16N3O3+. The molecule has 23 heavy (non-hydrogen) atoms. The molecule has 0 unspecified atom stereocenters. The molecular weight excluding hydrogens is 294 g/mol. The Morgan fingerprint density at radius 1 is 1.13 bits per heavy atom. The first kappa shape index (κ1) is 16.0. The maximum absolute atomic E-state index is 12.7. The molecule has 0 aromatic heterocycles. The fraction of sp³-hybridized carbons (Fsp3) is 0.118. The molecule has 0 fully saturated rings. The van der Waals surface area contributed by atoms with Gasteiger partial charge in [-0.15, -0.1) is 0 Å². The van der Waals surface area contributed by atoms with E-state index < -0.39 is 17.5 Å². The van der Waals surface area contributed by atoms with Crippen LogP contribution in [0.2, 0.25) is 0 Å². The van der Waals surface area contributed by atoms with Gasteiger partial charge in [-0.2, -0.15) is 0 Å². The minimum absolute atomic E-state index is 0.250. The predicted molar refractivity (Wildman–Crippen MR) is 85.8 cm³/mol. The van der Waals surface area contributed by atoms with Gasteiger partial charge in [0.05, 0.1) is 13.7 Å². The molecule has 0 atom stereocenters. The molecule has 0 aliphatic carbocycles. The molecule has 6 heteroatoms. The normalized spacial score (nSPS) is 11.1. The van der Waals surface area contributed by atoms with E-state index in [2.05, 4.69) is 9.71 Å². The number of rotatable bonds is 5. The maximum atomic E-state index is 12.7. The quantitative estimate of drug-likeness (QED) is 0.521. The standard InChI is InChI=1S/C17H15N3O3/c1-23-17(22)15(19-18)16(21)20(14-10-6-3-7-11-14)12-13-8-4-2-5-9-13/h2-11H,12H2,1H3/p+1. The van der Waals surface area contributed by atoms with E-state index in [0.29, 0.717) is 5.69 Å². The Balaban J connectivity index is 2.42. The zero-order chi connectivity index (χ0) is 16.7. The Morgan fingerprint density at radius 3 is 2.22 bits per heavy atom. The smallest absolute Gasteiger partial charge is 0.475 e. The van der Waals surface area contributed by atoms with Gasteiger partial charge >= 0.3 is 17.5 Å². The third kappa shape index (κ3) is 3.86. The number of aliphatic hydroxyl groups is 1. The number of hydrogen-bond acceptors (Lipinski definition) is 4. The van der Waals surface area contributed by atoms with Gasteiger partial charge in [0.25, 0.3) is 0 Å². The highest BCUT2D eigenvalue weighted by Crippen LogP contribution is 2.21. The number of nitrogens with zero attached hydrogens (tertiary/aromatic N) is 3. The lowest BCUT2D eigenvalue weighted by molar-refractivity contribution is -0.115. The highest BCUT2D eigenvalue weighted by molar-refractivity contribution is 6.06. The first-order valence-corrected chi connectivity index (χ1v) is 6.90. The van der Waals surface area contributed by atoms with Gasteiger partial charge in [0.2, 0.25) is 5.39 Å². The molecule has 0 saturated carbocycles. The molecule has 0 bridgehead atoms. The van der Waals surface area contributed by atoms with E-state index in [-0.39, 0.29) is 6.54 Å². The number of methoxy groups -OCH3 is 1. The highest BCUT2D eigenvalue weighted by Gasteiger charge is 2.36. The molecule has 0 aliphatic heterocycles. The van der Waals surface area contributed by atoms with Gasteiger partial charge in [0, 0.05) is 5.69 Å². The van der Waals surface area contributed by atoms with Crippen LogP contribution in [-0.4, -0.2) is 18.1 Å². The summed E-state index contributed by atoms with van der Waals surface area (Å²) in [6.07, 6.45) is 0. The lowest BCUT2D eigenvalue weighted by Crippen LogP contribution is -2.31. The number of benzene rings is 2. The molecule has 6 nitrogen and oxygen atoms in total. The van der Waals surface area contributed by atoms with Gasteiger partial charge in [0.15, 0.2) is 4.98 Å². The molecule has 0 heterocycles. The van der Waals surface area contributed by atoms with Crippen LogP contribution in [0, 0.1) is 5.39 Å². The third-order valence-electron chi connectivity index (χ3n) is 3.20. The molecule has 0 radical (unpaired) electrons. The van der Waals surface area contributed by atoms with Crippen LogP contribution < -0.4 is 4.90 Å². The molecule has 0 aliphatic rings. The lowest BCUT2D eigenvalue weighted by Gasteiger charge is -2.20. The van der Waals surface area contributed by atoms with Crippen molar-refractivity contribution in [3.05, 3.63) is 82.8 Å². The van der Waals surface area contributed by atoms with Crippen LogP contribution in [0.15, 0.2) is 72.3 Å². The summed E-state index contributed by atoms with van der Waals surface area (Å²) in [6.45, 7) is 0.250. The van der Waals surface area contributed by atoms with Gasteiger partial charge in [0.1, 0.15) is 0 Å². The first-order valence-electron chi connectivity index (χ1n) is 6.90. The summed E-state index contributed by atoms with van der Waals surface area (Å²) < 4.78 is 4.59. The van der Waals surface area contributed by atoms with Crippen molar-refractivity contribution in [1.29, 1.82) is 5.39 Å². The topological polar surface area (TPSA) is 77.9 Å². The monoisotopic (exact) mass is 310 g/mol. The lowest BCUT2D eigenvalue weighted by atomic mass is 10.2. The van der Waals surface area contributed by atoms with Crippen molar-refractivity contribution in [2.45, 2.75) is 6.54 Å². The molecule has 1 N–H and O–H groups in total. The van der Waals surface area contributed by atoms with E-state index in [9.17, 15) is 9.90 Å². The molecule has 2 aromatic rings. The van der Waals surface area contributed by atoms with E-state index in [1.807, 2.05) is 36.4 Å². The van der Waals surface area contributed by atoms with Crippen LogP contribution >= 0.6 is 0 Å². The molecule has 1 amide bonds. The number of anilines is 1. The zero-order valence-electron chi connectivity index (χ0n) is 12.6.